The highest BCUT2D eigenvalue weighted by Crippen LogP contribution is 2.20. The summed E-state index contributed by atoms with van der Waals surface area (Å²) in [6.45, 7) is 7.00. The van der Waals surface area contributed by atoms with Crippen LogP contribution in [0.4, 0.5) is 0 Å². The number of piperazine rings is 1. The normalized spacial score (nSPS) is 15.5. The van der Waals surface area contributed by atoms with Gasteiger partial charge in [0.15, 0.2) is 0 Å². The summed E-state index contributed by atoms with van der Waals surface area (Å²) < 4.78 is 0. The van der Waals surface area contributed by atoms with Crippen molar-refractivity contribution < 1.29 is 0 Å². The molecule has 4 rings (SSSR count). The molecule has 4 heteroatoms. The van der Waals surface area contributed by atoms with E-state index in [-0.39, 0.29) is 0 Å². The van der Waals surface area contributed by atoms with Gasteiger partial charge in [0.05, 0.1) is 5.71 Å². The maximum Gasteiger partial charge on any atom is 0.0646 e. The summed E-state index contributed by atoms with van der Waals surface area (Å²) in [5.74, 6) is 0. The van der Waals surface area contributed by atoms with Crippen LogP contribution in [0.15, 0.2) is 84.0 Å². The fourth-order valence-corrected chi connectivity index (χ4v) is 3.77. The highest BCUT2D eigenvalue weighted by molar-refractivity contribution is 6.30. The van der Waals surface area contributed by atoms with E-state index in [0.29, 0.717) is 0 Å². The molecular formula is C25H26ClN3. The number of nitrogens with zero attached hydrogens (tertiary/aromatic N) is 3. The molecule has 0 aromatic heterocycles. The first-order valence-electron chi connectivity index (χ1n) is 10.1. The summed E-state index contributed by atoms with van der Waals surface area (Å²) in [6.07, 6.45) is 0. The largest absolute Gasteiger partial charge is 0.295 e. The Hall–Kier alpha value is -2.62. The molecule has 0 bridgehead atoms. The van der Waals surface area contributed by atoms with Crippen LogP contribution in [-0.4, -0.2) is 41.8 Å². The topological polar surface area (TPSA) is 18.8 Å². The van der Waals surface area contributed by atoms with Gasteiger partial charge in [0.25, 0.3) is 0 Å². The van der Waals surface area contributed by atoms with E-state index in [0.717, 1.165) is 43.5 Å². The minimum atomic E-state index is 0.792. The van der Waals surface area contributed by atoms with Crippen molar-refractivity contribution in [3.63, 3.8) is 0 Å². The standard InChI is InChI=1S/C25H26ClN3/c1-20(22-9-11-24(12-10-22)23-5-3-2-4-6-23)27-29-17-15-28(16-18-29)19-21-7-13-25(26)14-8-21/h2-14H,15-19H2,1H3/b27-20+. The molecule has 1 fully saturated rings. The number of rotatable bonds is 5. The number of halogens is 1. The molecule has 29 heavy (non-hydrogen) atoms. The van der Waals surface area contributed by atoms with E-state index < -0.39 is 0 Å². The van der Waals surface area contributed by atoms with Gasteiger partial charge < -0.3 is 0 Å². The van der Waals surface area contributed by atoms with Crippen molar-refractivity contribution in [2.45, 2.75) is 13.5 Å². The third-order valence-corrected chi connectivity index (χ3v) is 5.62. The lowest BCUT2D eigenvalue weighted by Gasteiger charge is -2.33. The van der Waals surface area contributed by atoms with Crippen LogP contribution in [0.2, 0.25) is 5.02 Å². The lowest BCUT2D eigenvalue weighted by molar-refractivity contribution is 0.130. The molecule has 0 spiro atoms. The highest BCUT2D eigenvalue weighted by atomic mass is 35.5. The van der Waals surface area contributed by atoms with Crippen molar-refractivity contribution in [2.24, 2.45) is 5.10 Å². The fourth-order valence-electron chi connectivity index (χ4n) is 3.65. The zero-order valence-electron chi connectivity index (χ0n) is 16.8. The summed E-state index contributed by atoms with van der Waals surface area (Å²) >= 11 is 5.98. The van der Waals surface area contributed by atoms with Crippen LogP contribution in [0.5, 0.6) is 0 Å². The molecule has 3 nitrogen and oxygen atoms in total. The van der Waals surface area contributed by atoms with Gasteiger partial charge in [-0.2, -0.15) is 5.10 Å². The summed E-state index contributed by atoms with van der Waals surface area (Å²) in [6, 6.07) is 27.3. The summed E-state index contributed by atoms with van der Waals surface area (Å²) in [7, 11) is 0. The van der Waals surface area contributed by atoms with E-state index in [2.05, 4.69) is 77.5 Å². The van der Waals surface area contributed by atoms with Crippen LogP contribution in [0.25, 0.3) is 11.1 Å². The third kappa shape index (κ3) is 5.26. The van der Waals surface area contributed by atoms with Crippen LogP contribution < -0.4 is 0 Å². The second-order valence-corrected chi connectivity index (χ2v) is 7.92. The molecule has 0 N–H and O–H groups in total. The Kier molecular flexibility index (Phi) is 6.28. The van der Waals surface area contributed by atoms with E-state index in [1.165, 1.54) is 22.3 Å². The molecule has 3 aromatic carbocycles. The number of hydrazone groups is 1. The maximum absolute atomic E-state index is 5.98. The second-order valence-electron chi connectivity index (χ2n) is 7.49. The zero-order valence-corrected chi connectivity index (χ0v) is 17.5. The molecule has 0 aliphatic carbocycles. The lowest BCUT2D eigenvalue weighted by atomic mass is 10.0. The van der Waals surface area contributed by atoms with Crippen LogP contribution in [0, 0.1) is 0 Å². The zero-order chi connectivity index (χ0) is 20.1. The molecule has 0 unspecified atom stereocenters. The molecule has 0 radical (unpaired) electrons. The Labute approximate surface area is 178 Å². The predicted octanol–water partition coefficient (Wildman–Crippen LogP) is 5.55. The van der Waals surface area contributed by atoms with Gasteiger partial charge in [-0.3, -0.25) is 9.91 Å². The van der Waals surface area contributed by atoms with Crippen molar-refractivity contribution in [3.05, 3.63) is 95.0 Å². The van der Waals surface area contributed by atoms with Gasteiger partial charge >= 0.3 is 0 Å². The van der Waals surface area contributed by atoms with Crippen LogP contribution in [-0.2, 0) is 6.54 Å². The number of hydrogen-bond acceptors (Lipinski definition) is 3. The molecule has 1 aliphatic heterocycles. The Morgan fingerprint density at radius 3 is 2.07 bits per heavy atom. The molecule has 0 amide bonds. The quantitative estimate of drug-likeness (QED) is 0.520. The lowest BCUT2D eigenvalue weighted by Crippen LogP contribution is -2.43. The molecule has 1 saturated heterocycles. The van der Waals surface area contributed by atoms with Gasteiger partial charge in [-0.05, 0) is 41.3 Å². The van der Waals surface area contributed by atoms with Gasteiger partial charge in [-0.25, -0.2) is 0 Å². The van der Waals surface area contributed by atoms with E-state index in [4.69, 9.17) is 16.7 Å². The van der Waals surface area contributed by atoms with Gasteiger partial charge in [0.1, 0.15) is 0 Å². The number of benzene rings is 3. The fraction of sp³-hybridized carbons (Fsp3) is 0.240. The molecule has 1 aliphatic rings. The van der Waals surface area contributed by atoms with E-state index in [1.807, 2.05) is 18.2 Å². The van der Waals surface area contributed by atoms with E-state index in [1.54, 1.807) is 0 Å². The monoisotopic (exact) mass is 403 g/mol. The first-order valence-corrected chi connectivity index (χ1v) is 10.5. The molecule has 1 heterocycles. The van der Waals surface area contributed by atoms with Crippen molar-refractivity contribution >= 4 is 17.3 Å². The van der Waals surface area contributed by atoms with Gasteiger partial charge in [0.2, 0.25) is 0 Å². The average Bonchev–Trinajstić information content (AvgIpc) is 2.77. The van der Waals surface area contributed by atoms with Crippen molar-refractivity contribution in [3.8, 4) is 11.1 Å². The maximum atomic E-state index is 5.98. The first-order chi connectivity index (χ1) is 14.2. The molecule has 148 valence electrons. The van der Waals surface area contributed by atoms with E-state index in [9.17, 15) is 0 Å². The van der Waals surface area contributed by atoms with Gasteiger partial charge in [0, 0.05) is 37.7 Å². The van der Waals surface area contributed by atoms with Crippen molar-refractivity contribution in [2.75, 3.05) is 26.2 Å². The second kappa shape index (κ2) is 9.25. The van der Waals surface area contributed by atoms with E-state index >= 15 is 0 Å². The first kappa shape index (κ1) is 19.7. The Morgan fingerprint density at radius 2 is 1.41 bits per heavy atom. The SMILES string of the molecule is C/C(=N\N1CCN(Cc2ccc(Cl)cc2)CC1)c1ccc(-c2ccccc2)cc1. The van der Waals surface area contributed by atoms with Crippen molar-refractivity contribution in [1.29, 1.82) is 0 Å². The van der Waals surface area contributed by atoms with Gasteiger partial charge in [-0.15, -0.1) is 0 Å². The van der Waals surface area contributed by atoms with Crippen LogP contribution in [0.3, 0.4) is 0 Å². The average molecular weight is 404 g/mol. The summed E-state index contributed by atoms with van der Waals surface area (Å²) in [4.78, 5) is 2.47. The number of hydrogen-bond donors (Lipinski definition) is 0. The van der Waals surface area contributed by atoms with Gasteiger partial charge in [-0.1, -0.05) is 78.3 Å². The Balaban J connectivity index is 1.33. The van der Waals surface area contributed by atoms with Crippen LogP contribution in [0.1, 0.15) is 18.1 Å². The smallest absolute Gasteiger partial charge is 0.0646 e. The third-order valence-electron chi connectivity index (χ3n) is 5.37. The molecule has 3 aromatic rings. The predicted molar refractivity (Wildman–Crippen MR) is 122 cm³/mol. The molecule has 0 saturated carbocycles. The minimum Gasteiger partial charge on any atom is -0.295 e. The van der Waals surface area contributed by atoms with Crippen molar-refractivity contribution in [1.82, 2.24) is 9.91 Å². The Bertz CT molecular complexity index is 942. The Morgan fingerprint density at radius 1 is 0.793 bits per heavy atom. The molecule has 0 atom stereocenters. The molecular weight excluding hydrogens is 378 g/mol. The highest BCUT2D eigenvalue weighted by Gasteiger charge is 2.16. The summed E-state index contributed by atoms with van der Waals surface area (Å²) in [5.41, 5.74) is 6.02. The summed E-state index contributed by atoms with van der Waals surface area (Å²) in [5, 5.41) is 7.85. The van der Waals surface area contributed by atoms with Crippen LogP contribution >= 0.6 is 11.6 Å². The minimum absolute atomic E-state index is 0.792.